The van der Waals surface area contributed by atoms with E-state index in [0.717, 1.165) is 13.0 Å². The van der Waals surface area contributed by atoms with Crippen molar-refractivity contribution in [3.05, 3.63) is 35.9 Å². The summed E-state index contributed by atoms with van der Waals surface area (Å²) in [5.41, 5.74) is 7.29. The van der Waals surface area contributed by atoms with Crippen molar-refractivity contribution in [1.29, 1.82) is 0 Å². The summed E-state index contributed by atoms with van der Waals surface area (Å²) in [6.07, 6.45) is 1.05. The fourth-order valence-corrected chi connectivity index (χ4v) is 1.25. The maximum atomic E-state index is 5.99. The summed E-state index contributed by atoms with van der Waals surface area (Å²) in [7, 11) is 2.05. The maximum absolute atomic E-state index is 5.99. The molecule has 1 rings (SSSR count). The lowest BCUT2D eigenvalue weighted by Crippen LogP contribution is -2.40. The summed E-state index contributed by atoms with van der Waals surface area (Å²) in [5.74, 6) is 0. The van der Waals surface area contributed by atoms with Crippen LogP contribution in [0.25, 0.3) is 0 Å². The van der Waals surface area contributed by atoms with Crippen LogP contribution >= 0.6 is 0 Å². The van der Waals surface area contributed by atoms with Crippen LogP contribution in [0.5, 0.6) is 0 Å². The fourth-order valence-electron chi connectivity index (χ4n) is 1.25. The van der Waals surface area contributed by atoms with Crippen molar-refractivity contribution < 1.29 is 0 Å². The predicted octanol–water partition coefficient (Wildman–Crippen LogP) is 1.47. The maximum Gasteiger partial charge on any atom is 0.0610 e. The average Bonchev–Trinajstić information content (AvgIpc) is 2.18. The van der Waals surface area contributed by atoms with Crippen LogP contribution < -0.4 is 5.73 Å². The van der Waals surface area contributed by atoms with E-state index in [1.54, 1.807) is 0 Å². The van der Waals surface area contributed by atoms with Gasteiger partial charge in [-0.05, 0) is 19.2 Å². The minimum atomic E-state index is 0.132. The zero-order chi connectivity index (χ0) is 9.68. The number of benzene rings is 1. The molecule has 0 saturated heterocycles. The van der Waals surface area contributed by atoms with Crippen LogP contribution in [0.15, 0.2) is 30.3 Å². The van der Waals surface area contributed by atoms with Gasteiger partial charge in [-0.15, -0.1) is 0 Å². The Morgan fingerprint density at radius 2 is 1.92 bits per heavy atom. The summed E-state index contributed by atoms with van der Waals surface area (Å²) in [5, 5.41) is 0. The molecule has 2 nitrogen and oxygen atoms in total. The molecule has 0 spiro atoms. The Bertz CT molecular complexity index is 233. The first-order valence-electron chi connectivity index (χ1n) is 4.73. The Morgan fingerprint density at radius 1 is 1.31 bits per heavy atom. The normalized spacial score (nSPS) is 13.2. The number of nitrogens with zero attached hydrogens (tertiary/aromatic N) is 1. The Hall–Kier alpha value is -0.860. The minimum absolute atomic E-state index is 0.132. The Labute approximate surface area is 80.4 Å². The zero-order valence-electron chi connectivity index (χ0n) is 8.40. The van der Waals surface area contributed by atoms with Crippen LogP contribution in [-0.2, 0) is 6.42 Å². The van der Waals surface area contributed by atoms with Crippen molar-refractivity contribution in [3.63, 3.8) is 0 Å². The van der Waals surface area contributed by atoms with Gasteiger partial charge in [0.1, 0.15) is 0 Å². The van der Waals surface area contributed by atoms with Crippen LogP contribution in [0.2, 0.25) is 0 Å². The largest absolute Gasteiger partial charge is 0.315 e. The summed E-state index contributed by atoms with van der Waals surface area (Å²) in [6, 6.07) is 10.4. The molecular weight excluding hydrogens is 160 g/mol. The number of nitrogens with two attached hydrogens (primary N) is 1. The molecule has 1 unspecified atom stereocenters. The first-order valence-corrected chi connectivity index (χ1v) is 4.73. The van der Waals surface area contributed by atoms with Gasteiger partial charge in [0.15, 0.2) is 0 Å². The van der Waals surface area contributed by atoms with Crippen LogP contribution in [0.4, 0.5) is 0 Å². The van der Waals surface area contributed by atoms with E-state index >= 15 is 0 Å². The van der Waals surface area contributed by atoms with Gasteiger partial charge in [-0.2, -0.15) is 0 Å². The van der Waals surface area contributed by atoms with E-state index in [9.17, 15) is 0 Å². The van der Waals surface area contributed by atoms with Crippen molar-refractivity contribution in [2.75, 3.05) is 13.6 Å². The van der Waals surface area contributed by atoms with Crippen molar-refractivity contribution in [1.82, 2.24) is 4.90 Å². The fraction of sp³-hybridized carbons (Fsp3) is 0.455. The third-order valence-corrected chi connectivity index (χ3v) is 2.35. The van der Waals surface area contributed by atoms with Gasteiger partial charge in [-0.25, -0.2) is 0 Å². The second-order valence-corrected chi connectivity index (χ2v) is 3.33. The lowest BCUT2D eigenvalue weighted by molar-refractivity contribution is 0.258. The van der Waals surface area contributed by atoms with E-state index < -0.39 is 0 Å². The molecule has 0 aliphatic rings. The molecule has 13 heavy (non-hydrogen) atoms. The van der Waals surface area contributed by atoms with E-state index in [1.165, 1.54) is 5.56 Å². The SMILES string of the molecule is CCN(C)C(N)Cc1ccccc1. The van der Waals surface area contributed by atoms with Gasteiger partial charge < -0.3 is 5.73 Å². The van der Waals surface area contributed by atoms with Crippen LogP contribution in [-0.4, -0.2) is 24.7 Å². The molecule has 72 valence electrons. The van der Waals surface area contributed by atoms with Gasteiger partial charge in [0.2, 0.25) is 0 Å². The third kappa shape index (κ3) is 3.17. The first kappa shape index (κ1) is 10.2. The molecule has 0 fully saturated rings. The Morgan fingerprint density at radius 3 is 2.46 bits per heavy atom. The molecule has 0 saturated carbocycles. The monoisotopic (exact) mass is 178 g/mol. The Kier molecular flexibility index (Phi) is 3.93. The molecule has 0 aliphatic carbocycles. The predicted molar refractivity (Wildman–Crippen MR) is 56.4 cm³/mol. The van der Waals surface area contributed by atoms with Crippen LogP contribution in [0.3, 0.4) is 0 Å². The summed E-state index contributed by atoms with van der Waals surface area (Å²) >= 11 is 0. The molecule has 0 heterocycles. The summed E-state index contributed by atoms with van der Waals surface area (Å²) in [6.45, 7) is 3.11. The van der Waals surface area contributed by atoms with Crippen LogP contribution in [0.1, 0.15) is 12.5 Å². The highest BCUT2D eigenvalue weighted by Gasteiger charge is 2.07. The van der Waals surface area contributed by atoms with Gasteiger partial charge in [0.25, 0.3) is 0 Å². The summed E-state index contributed by atoms with van der Waals surface area (Å²) in [4.78, 5) is 2.15. The molecule has 1 aromatic rings. The molecule has 1 atom stereocenters. The standard InChI is InChI=1S/C11H18N2/c1-3-13(2)11(12)9-10-7-5-4-6-8-10/h4-8,11H,3,9,12H2,1-2H3. The number of hydrogen-bond acceptors (Lipinski definition) is 2. The van der Waals surface area contributed by atoms with E-state index in [1.807, 2.05) is 25.2 Å². The van der Waals surface area contributed by atoms with Crippen molar-refractivity contribution >= 4 is 0 Å². The van der Waals surface area contributed by atoms with Gasteiger partial charge in [0, 0.05) is 6.42 Å². The average molecular weight is 178 g/mol. The van der Waals surface area contributed by atoms with Crippen molar-refractivity contribution in [3.8, 4) is 0 Å². The highest BCUT2D eigenvalue weighted by molar-refractivity contribution is 5.15. The molecule has 0 bridgehead atoms. The van der Waals surface area contributed by atoms with E-state index in [-0.39, 0.29) is 6.17 Å². The molecule has 0 amide bonds. The molecule has 2 heteroatoms. The molecular formula is C11H18N2. The van der Waals surface area contributed by atoms with Crippen LogP contribution in [0, 0.1) is 0 Å². The van der Waals surface area contributed by atoms with Crippen molar-refractivity contribution in [2.24, 2.45) is 5.73 Å². The topological polar surface area (TPSA) is 29.3 Å². The zero-order valence-corrected chi connectivity index (χ0v) is 8.40. The number of likely N-dealkylation sites (N-methyl/N-ethyl adjacent to an activating group) is 1. The third-order valence-electron chi connectivity index (χ3n) is 2.35. The van der Waals surface area contributed by atoms with E-state index in [2.05, 4.69) is 24.0 Å². The Balaban J connectivity index is 2.50. The van der Waals surface area contributed by atoms with Gasteiger partial charge >= 0.3 is 0 Å². The molecule has 2 N–H and O–H groups in total. The number of hydrogen-bond donors (Lipinski definition) is 1. The van der Waals surface area contributed by atoms with E-state index in [4.69, 9.17) is 5.73 Å². The highest BCUT2D eigenvalue weighted by Crippen LogP contribution is 2.03. The second-order valence-electron chi connectivity index (χ2n) is 3.33. The molecule has 0 aliphatic heterocycles. The second kappa shape index (κ2) is 5.00. The van der Waals surface area contributed by atoms with Gasteiger partial charge in [-0.3, -0.25) is 4.90 Å². The quantitative estimate of drug-likeness (QED) is 0.707. The lowest BCUT2D eigenvalue weighted by Gasteiger charge is -2.22. The first-order chi connectivity index (χ1) is 6.24. The minimum Gasteiger partial charge on any atom is -0.315 e. The van der Waals surface area contributed by atoms with E-state index in [0.29, 0.717) is 0 Å². The number of rotatable bonds is 4. The lowest BCUT2D eigenvalue weighted by atomic mass is 10.1. The van der Waals surface area contributed by atoms with Gasteiger partial charge in [0.05, 0.1) is 6.17 Å². The molecule has 0 radical (unpaired) electrons. The smallest absolute Gasteiger partial charge is 0.0610 e. The summed E-state index contributed by atoms with van der Waals surface area (Å²) < 4.78 is 0. The molecule has 1 aromatic carbocycles. The van der Waals surface area contributed by atoms with Gasteiger partial charge in [-0.1, -0.05) is 37.3 Å². The molecule has 0 aromatic heterocycles. The van der Waals surface area contributed by atoms with Crippen molar-refractivity contribution in [2.45, 2.75) is 19.5 Å². The highest BCUT2D eigenvalue weighted by atomic mass is 15.2.